The van der Waals surface area contributed by atoms with Crippen molar-refractivity contribution in [3.63, 3.8) is 0 Å². The predicted molar refractivity (Wildman–Crippen MR) is 77.0 cm³/mol. The number of fused-ring (bicyclic) bond motifs is 1. The van der Waals surface area contributed by atoms with E-state index in [4.69, 9.17) is 23.2 Å². The van der Waals surface area contributed by atoms with Gasteiger partial charge in [0.2, 0.25) is 0 Å². The van der Waals surface area contributed by atoms with Gasteiger partial charge in [-0.25, -0.2) is 0 Å². The van der Waals surface area contributed by atoms with E-state index in [0.717, 1.165) is 5.56 Å². The number of hydrogen-bond acceptors (Lipinski definition) is 2. The number of carbonyl (C=O) groups is 1. The summed E-state index contributed by atoms with van der Waals surface area (Å²) in [7, 11) is 0. The molecule has 0 N–H and O–H groups in total. The quantitative estimate of drug-likeness (QED) is 0.740. The van der Waals surface area contributed by atoms with Crippen LogP contribution in [0.5, 0.6) is 0 Å². The van der Waals surface area contributed by atoms with Crippen molar-refractivity contribution in [1.82, 2.24) is 4.90 Å². The molecule has 0 saturated carbocycles. The normalized spacial score (nSPS) is 19.1. The monoisotopic (exact) mass is 290 g/mol. The molecule has 2 aliphatic heterocycles. The number of amides is 1. The second-order valence-electron chi connectivity index (χ2n) is 4.04. The lowest BCUT2D eigenvalue weighted by molar-refractivity contribution is -0.114. The lowest BCUT2D eigenvalue weighted by Crippen LogP contribution is -2.20. The first-order chi connectivity index (χ1) is 9.15. The van der Waals surface area contributed by atoms with E-state index >= 15 is 0 Å². The number of benzene rings is 1. The first-order valence-electron chi connectivity index (χ1n) is 5.59. The maximum Gasteiger partial charge on any atom is 0.295 e. The largest absolute Gasteiger partial charge is 0.297 e. The van der Waals surface area contributed by atoms with Crippen molar-refractivity contribution < 1.29 is 4.79 Å². The first kappa shape index (κ1) is 12.2. The molecule has 0 bridgehead atoms. The molecule has 1 aromatic rings. The standard InChI is InChI=1S/C14H8Cl2N2O/c15-10-5-4-9(11(16)8-10)7-12-14(19)17-13-3-1-2-6-18(12)13/h1-8H. The molecule has 3 nitrogen and oxygen atoms in total. The predicted octanol–water partition coefficient (Wildman–Crippen LogP) is 3.66. The molecule has 0 aromatic heterocycles. The molecule has 1 aromatic carbocycles. The van der Waals surface area contributed by atoms with E-state index in [9.17, 15) is 4.79 Å². The Hall–Kier alpha value is -1.84. The van der Waals surface area contributed by atoms with Crippen molar-refractivity contribution in [3.8, 4) is 0 Å². The highest BCUT2D eigenvalue weighted by atomic mass is 35.5. The number of rotatable bonds is 1. The lowest BCUT2D eigenvalue weighted by Gasteiger charge is -2.16. The van der Waals surface area contributed by atoms with E-state index in [2.05, 4.69) is 4.99 Å². The van der Waals surface area contributed by atoms with Crippen molar-refractivity contribution in [3.05, 3.63) is 63.9 Å². The maximum absolute atomic E-state index is 11.9. The van der Waals surface area contributed by atoms with Crippen LogP contribution in [0.2, 0.25) is 10.0 Å². The summed E-state index contributed by atoms with van der Waals surface area (Å²) in [6.45, 7) is 0. The van der Waals surface area contributed by atoms with E-state index < -0.39 is 0 Å². The molecule has 2 aliphatic rings. The molecule has 0 unspecified atom stereocenters. The number of halogens is 2. The third kappa shape index (κ3) is 2.23. The highest BCUT2D eigenvalue weighted by Gasteiger charge is 2.27. The van der Waals surface area contributed by atoms with E-state index in [1.807, 2.05) is 12.2 Å². The zero-order valence-corrected chi connectivity index (χ0v) is 11.2. The number of nitrogens with zero attached hydrogens (tertiary/aromatic N) is 2. The number of aliphatic imine (C=N–C) groups is 1. The van der Waals surface area contributed by atoms with E-state index in [-0.39, 0.29) is 5.91 Å². The fourth-order valence-corrected chi connectivity index (χ4v) is 2.35. The third-order valence-electron chi connectivity index (χ3n) is 2.79. The number of hydrogen-bond donors (Lipinski definition) is 0. The van der Waals surface area contributed by atoms with Gasteiger partial charge in [0.25, 0.3) is 5.91 Å². The molecule has 5 heteroatoms. The van der Waals surface area contributed by atoms with Crippen LogP contribution in [-0.2, 0) is 4.79 Å². The molecule has 0 fully saturated rings. The van der Waals surface area contributed by atoms with Crippen molar-refractivity contribution in [2.45, 2.75) is 0 Å². The molecule has 1 amide bonds. The van der Waals surface area contributed by atoms with Crippen LogP contribution >= 0.6 is 23.2 Å². The minimum atomic E-state index is -0.280. The third-order valence-corrected chi connectivity index (χ3v) is 3.35. The zero-order chi connectivity index (χ0) is 13.4. The van der Waals surface area contributed by atoms with Crippen LogP contribution in [0.3, 0.4) is 0 Å². The molecule has 0 spiro atoms. The van der Waals surface area contributed by atoms with Crippen LogP contribution < -0.4 is 0 Å². The summed E-state index contributed by atoms with van der Waals surface area (Å²) in [6, 6.07) is 5.14. The van der Waals surface area contributed by atoms with Gasteiger partial charge in [0.15, 0.2) is 0 Å². The Bertz CT molecular complexity index is 687. The van der Waals surface area contributed by atoms with E-state index in [0.29, 0.717) is 21.6 Å². The van der Waals surface area contributed by atoms with Crippen LogP contribution in [0.25, 0.3) is 6.08 Å². The molecule has 2 heterocycles. The fraction of sp³-hybridized carbons (Fsp3) is 0. The summed E-state index contributed by atoms with van der Waals surface area (Å²) in [6.07, 6.45) is 8.96. The smallest absolute Gasteiger partial charge is 0.295 e. The number of amidine groups is 1. The summed E-state index contributed by atoms with van der Waals surface area (Å²) >= 11 is 12.0. The fourth-order valence-electron chi connectivity index (χ4n) is 1.89. The van der Waals surface area contributed by atoms with Crippen LogP contribution in [-0.4, -0.2) is 16.6 Å². The molecule has 0 atom stereocenters. The van der Waals surface area contributed by atoms with Crippen molar-refractivity contribution in [1.29, 1.82) is 0 Å². The second-order valence-corrected chi connectivity index (χ2v) is 4.88. The first-order valence-corrected chi connectivity index (χ1v) is 6.34. The molecule has 3 rings (SSSR count). The van der Waals surface area contributed by atoms with Gasteiger partial charge < -0.3 is 0 Å². The van der Waals surface area contributed by atoms with E-state index in [1.165, 1.54) is 0 Å². The van der Waals surface area contributed by atoms with Gasteiger partial charge in [0.05, 0.1) is 0 Å². The topological polar surface area (TPSA) is 32.7 Å². The van der Waals surface area contributed by atoms with Crippen molar-refractivity contribution in [2.75, 3.05) is 0 Å². The maximum atomic E-state index is 11.9. The van der Waals surface area contributed by atoms with Gasteiger partial charge in [-0.15, -0.1) is 0 Å². The molecule has 0 aliphatic carbocycles. The Morgan fingerprint density at radius 1 is 1.21 bits per heavy atom. The van der Waals surface area contributed by atoms with Crippen LogP contribution in [0.4, 0.5) is 0 Å². The Kier molecular flexibility index (Phi) is 3.01. The van der Waals surface area contributed by atoms with Gasteiger partial charge in [-0.2, -0.15) is 4.99 Å². The minimum Gasteiger partial charge on any atom is -0.297 e. The van der Waals surface area contributed by atoms with E-state index in [1.54, 1.807) is 41.5 Å². The summed E-state index contributed by atoms with van der Waals surface area (Å²) in [4.78, 5) is 17.6. The Morgan fingerprint density at radius 3 is 2.84 bits per heavy atom. The highest BCUT2D eigenvalue weighted by Crippen LogP contribution is 2.27. The lowest BCUT2D eigenvalue weighted by atomic mass is 10.1. The van der Waals surface area contributed by atoms with Gasteiger partial charge in [0, 0.05) is 16.2 Å². The van der Waals surface area contributed by atoms with Gasteiger partial charge >= 0.3 is 0 Å². The van der Waals surface area contributed by atoms with Gasteiger partial charge in [-0.05, 0) is 35.9 Å². The van der Waals surface area contributed by atoms with Crippen molar-refractivity contribution in [2.24, 2.45) is 4.99 Å². The Labute approximate surface area is 120 Å². The van der Waals surface area contributed by atoms with Gasteiger partial charge in [0.1, 0.15) is 11.5 Å². The minimum absolute atomic E-state index is 0.280. The zero-order valence-electron chi connectivity index (χ0n) is 9.68. The number of carbonyl (C=O) groups excluding carboxylic acids is 1. The molecule has 94 valence electrons. The SMILES string of the molecule is O=C1N=C2C=CC=CN2C1=Cc1ccc(Cl)cc1Cl. The molecular weight excluding hydrogens is 283 g/mol. The summed E-state index contributed by atoms with van der Waals surface area (Å²) in [5.74, 6) is 0.334. The van der Waals surface area contributed by atoms with Crippen LogP contribution in [0.1, 0.15) is 5.56 Å². The molecular formula is C14H8Cl2N2O. The van der Waals surface area contributed by atoms with Crippen LogP contribution in [0, 0.1) is 0 Å². The Morgan fingerprint density at radius 2 is 2.05 bits per heavy atom. The summed E-state index contributed by atoms with van der Waals surface area (Å²) in [5.41, 5.74) is 1.20. The Balaban J connectivity index is 2.03. The molecule has 0 radical (unpaired) electrons. The van der Waals surface area contributed by atoms with Crippen molar-refractivity contribution >= 4 is 41.0 Å². The van der Waals surface area contributed by atoms with Gasteiger partial charge in [-0.3, -0.25) is 9.69 Å². The van der Waals surface area contributed by atoms with Crippen LogP contribution in [0.15, 0.2) is 53.3 Å². The highest BCUT2D eigenvalue weighted by molar-refractivity contribution is 6.35. The summed E-state index contributed by atoms with van der Waals surface area (Å²) in [5, 5.41) is 1.06. The second kappa shape index (κ2) is 4.68. The molecule has 19 heavy (non-hydrogen) atoms. The molecule has 0 saturated heterocycles. The average Bonchev–Trinajstić information content (AvgIpc) is 2.69. The number of allylic oxidation sites excluding steroid dienone is 2. The average molecular weight is 291 g/mol. The van der Waals surface area contributed by atoms with Gasteiger partial charge in [-0.1, -0.05) is 35.3 Å². The summed E-state index contributed by atoms with van der Waals surface area (Å²) < 4.78 is 0.